The Hall–Kier alpha value is -4.45. The quantitative estimate of drug-likeness (QED) is 0.246. The number of amides is 7. The second kappa shape index (κ2) is 17.1. The van der Waals surface area contributed by atoms with Gasteiger partial charge in [-0.15, -0.1) is 0 Å². The van der Waals surface area contributed by atoms with Crippen molar-refractivity contribution in [3.8, 4) is 0 Å². The zero-order valence-corrected chi connectivity index (χ0v) is 27.0. The predicted molar refractivity (Wildman–Crippen MR) is 175 cm³/mol. The summed E-state index contributed by atoms with van der Waals surface area (Å²) in [5.74, 6) is -0.388. The Morgan fingerprint density at radius 2 is 1.42 bits per heavy atom. The summed E-state index contributed by atoms with van der Waals surface area (Å²) in [4.78, 5) is 66.4. The first kappa shape index (κ1) is 35.0. The van der Waals surface area contributed by atoms with E-state index in [0.717, 1.165) is 30.3 Å². The van der Waals surface area contributed by atoms with Crippen LogP contribution in [-0.2, 0) is 16.0 Å². The highest BCUT2D eigenvalue weighted by atomic mass is 16.2. The lowest BCUT2D eigenvalue weighted by Gasteiger charge is -2.32. The normalized spacial score (nSPS) is 16.4. The molecule has 4 N–H and O–H groups in total. The van der Waals surface area contributed by atoms with Crippen LogP contribution in [0.4, 0.5) is 25.8 Å². The Balaban J connectivity index is 1.54. The van der Waals surface area contributed by atoms with Crippen LogP contribution in [0.15, 0.2) is 48.5 Å². The van der Waals surface area contributed by atoms with Crippen molar-refractivity contribution < 1.29 is 24.0 Å². The second-order valence-electron chi connectivity index (χ2n) is 11.3. The third-order valence-electron chi connectivity index (χ3n) is 8.18. The molecule has 2 aromatic carbocycles. The lowest BCUT2D eigenvalue weighted by atomic mass is 10.0. The molecule has 1 aliphatic rings. The molecule has 3 atom stereocenters. The van der Waals surface area contributed by atoms with Crippen molar-refractivity contribution in [2.24, 2.45) is 0 Å². The number of rotatable bonds is 13. The van der Waals surface area contributed by atoms with Gasteiger partial charge in [0.05, 0.1) is 12.1 Å². The van der Waals surface area contributed by atoms with E-state index >= 15 is 0 Å². The van der Waals surface area contributed by atoms with E-state index in [1.807, 2.05) is 69.3 Å². The first-order valence-electron chi connectivity index (χ1n) is 15.6. The maximum atomic E-state index is 13.2. The molecule has 45 heavy (non-hydrogen) atoms. The van der Waals surface area contributed by atoms with Crippen LogP contribution < -0.4 is 21.3 Å². The molecule has 2 aromatic rings. The van der Waals surface area contributed by atoms with Crippen LogP contribution in [0.3, 0.4) is 0 Å². The van der Waals surface area contributed by atoms with Crippen LogP contribution in [0.1, 0.15) is 58.1 Å². The molecule has 0 aliphatic carbocycles. The van der Waals surface area contributed by atoms with Gasteiger partial charge < -0.3 is 35.4 Å². The fraction of sp³-hybridized carbons (Fsp3) is 0.485. The number of imide groups is 1. The number of urea groups is 3. The van der Waals surface area contributed by atoms with Crippen molar-refractivity contribution in [3.63, 3.8) is 0 Å². The largest absolute Gasteiger partial charge is 0.324 e. The fourth-order valence-electron chi connectivity index (χ4n) is 5.30. The van der Waals surface area contributed by atoms with Gasteiger partial charge in [-0.3, -0.25) is 10.1 Å². The van der Waals surface area contributed by atoms with Gasteiger partial charge in [0.25, 0.3) is 0 Å². The summed E-state index contributed by atoms with van der Waals surface area (Å²) in [6, 6.07) is 13.6. The number of nitrogens with one attached hydrogen (secondary N) is 4. The maximum Gasteiger partial charge on any atom is 0.324 e. The molecule has 0 bridgehead atoms. The van der Waals surface area contributed by atoms with Crippen molar-refractivity contribution in [1.29, 1.82) is 0 Å². The minimum absolute atomic E-state index is 0.0393. The molecule has 3 rings (SSSR count). The lowest BCUT2D eigenvalue weighted by molar-refractivity contribution is -0.121. The molecule has 0 saturated carbocycles. The molecule has 12 nitrogen and oxygen atoms in total. The number of benzene rings is 2. The molecule has 244 valence electrons. The van der Waals surface area contributed by atoms with Crippen LogP contribution in [0.5, 0.6) is 0 Å². The van der Waals surface area contributed by atoms with Crippen LogP contribution in [0, 0.1) is 0 Å². The summed E-state index contributed by atoms with van der Waals surface area (Å²) in [7, 11) is 1.66. The highest BCUT2D eigenvalue weighted by molar-refractivity contribution is 5.97. The van der Waals surface area contributed by atoms with Gasteiger partial charge in [0.15, 0.2) is 0 Å². The summed E-state index contributed by atoms with van der Waals surface area (Å²) in [5.41, 5.74) is 3.47. The van der Waals surface area contributed by atoms with Crippen molar-refractivity contribution in [2.75, 3.05) is 43.9 Å². The van der Waals surface area contributed by atoms with Gasteiger partial charge in [0, 0.05) is 50.0 Å². The van der Waals surface area contributed by atoms with Gasteiger partial charge in [-0.1, -0.05) is 24.3 Å². The topological polar surface area (TPSA) is 143 Å². The van der Waals surface area contributed by atoms with Crippen LogP contribution in [0.25, 0.3) is 0 Å². The van der Waals surface area contributed by atoms with Crippen LogP contribution in [-0.4, -0.2) is 96.3 Å². The van der Waals surface area contributed by atoms with Crippen molar-refractivity contribution in [3.05, 3.63) is 59.7 Å². The van der Waals surface area contributed by atoms with E-state index in [4.69, 9.17) is 0 Å². The highest BCUT2D eigenvalue weighted by Gasteiger charge is 2.37. The maximum absolute atomic E-state index is 13.2. The molecule has 7 amide bonds. The number of hydrogen-bond donors (Lipinski definition) is 4. The van der Waals surface area contributed by atoms with E-state index in [0.29, 0.717) is 50.4 Å². The first-order valence-corrected chi connectivity index (χ1v) is 15.6. The molecule has 0 spiro atoms. The minimum atomic E-state index is -0.493. The Labute approximate surface area is 265 Å². The molecule has 12 heteroatoms. The molecule has 3 unspecified atom stereocenters. The fourth-order valence-corrected chi connectivity index (χ4v) is 5.30. The number of nitrogens with zero attached hydrogens (tertiary/aromatic N) is 3. The third-order valence-corrected chi connectivity index (χ3v) is 8.18. The lowest BCUT2D eigenvalue weighted by Crippen LogP contribution is -2.54. The smallest absolute Gasteiger partial charge is 0.324 e. The van der Waals surface area contributed by atoms with Gasteiger partial charge in [0.1, 0.15) is 6.29 Å². The summed E-state index contributed by atoms with van der Waals surface area (Å²) in [5, 5.41) is 11.1. The van der Waals surface area contributed by atoms with Crippen molar-refractivity contribution in [1.82, 2.24) is 25.3 Å². The third kappa shape index (κ3) is 10.0. The van der Waals surface area contributed by atoms with Gasteiger partial charge in [-0.2, -0.15) is 0 Å². The average molecular weight is 622 g/mol. The number of carbonyl (C=O) groups is 5. The molecule has 1 fully saturated rings. The van der Waals surface area contributed by atoms with E-state index in [1.54, 1.807) is 28.7 Å². The number of likely N-dealkylation sites (tertiary alicyclic amines) is 1. The zero-order chi connectivity index (χ0) is 32.9. The molecular formula is C33H47N7O5. The number of likely N-dealkylation sites (N-methyl/N-ethyl adjacent to an activating group) is 2. The number of carbonyl (C=O) groups excluding carboxylic acids is 5. The summed E-state index contributed by atoms with van der Waals surface area (Å²) in [6.07, 6.45) is 3.33. The Bertz CT molecular complexity index is 1300. The average Bonchev–Trinajstić information content (AvgIpc) is 3.41. The first-order chi connectivity index (χ1) is 21.6. The van der Waals surface area contributed by atoms with E-state index in [-0.39, 0.29) is 30.1 Å². The van der Waals surface area contributed by atoms with E-state index in [2.05, 4.69) is 21.3 Å². The molecule has 1 saturated heterocycles. The monoisotopic (exact) mass is 621 g/mol. The number of aldehydes is 1. The Morgan fingerprint density at radius 3 is 1.91 bits per heavy atom. The number of anilines is 2. The van der Waals surface area contributed by atoms with Crippen molar-refractivity contribution >= 4 is 41.7 Å². The second-order valence-corrected chi connectivity index (χ2v) is 11.3. The summed E-state index contributed by atoms with van der Waals surface area (Å²) in [6.45, 7) is 9.13. The number of hydrogen-bond acceptors (Lipinski definition) is 6. The molecule has 1 heterocycles. The standard InChI is InChI=1S/C33H47N7O5/c1-6-38(19-8-20-41)31(43)35-27-14-10-25(11-15-27)21-26-12-16-28(17-13-26)36-32(44)39(7-2)22-29-18-9-23(3)40(29)33(45)37-30(42)24(4)34-5/h10-17,20,23-24,29,34H,6-9,18-19,21-22H2,1-5H3,(H,35,43)(H,36,44)(H,37,42,45). The van der Waals surface area contributed by atoms with Crippen molar-refractivity contribution in [2.45, 2.75) is 71.5 Å². The minimum Gasteiger partial charge on any atom is -0.324 e. The van der Waals surface area contributed by atoms with E-state index in [1.165, 1.54) is 0 Å². The van der Waals surface area contributed by atoms with Crippen LogP contribution >= 0.6 is 0 Å². The summed E-state index contributed by atoms with van der Waals surface area (Å²) < 4.78 is 0. The SMILES string of the molecule is CCN(CCC=O)C(=O)Nc1ccc(Cc2ccc(NC(=O)N(CC)CC3CCC(C)N3C(=O)NC(=O)C(C)NC)cc2)cc1. The Morgan fingerprint density at radius 1 is 0.889 bits per heavy atom. The van der Waals surface area contributed by atoms with Gasteiger partial charge in [-0.05, 0) is 89.4 Å². The molecular weight excluding hydrogens is 574 g/mol. The molecule has 1 aliphatic heterocycles. The van der Waals surface area contributed by atoms with Gasteiger partial charge in [-0.25, -0.2) is 14.4 Å². The summed E-state index contributed by atoms with van der Waals surface area (Å²) >= 11 is 0. The van der Waals surface area contributed by atoms with Gasteiger partial charge >= 0.3 is 18.1 Å². The van der Waals surface area contributed by atoms with E-state index in [9.17, 15) is 24.0 Å². The predicted octanol–water partition coefficient (Wildman–Crippen LogP) is 4.27. The van der Waals surface area contributed by atoms with E-state index < -0.39 is 12.1 Å². The zero-order valence-electron chi connectivity index (χ0n) is 27.0. The highest BCUT2D eigenvalue weighted by Crippen LogP contribution is 2.25. The van der Waals surface area contributed by atoms with Crippen LogP contribution in [0.2, 0.25) is 0 Å². The Kier molecular flexibility index (Phi) is 13.3. The van der Waals surface area contributed by atoms with Gasteiger partial charge in [0.2, 0.25) is 5.91 Å². The molecule has 0 radical (unpaired) electrons. The molecule has 0 aromatic heterocycles.